The first-order chi connectivity index (χ1) is 7.36. The summed E-state index contributed by atoms with van der Waals surface area (Å²) in [6.45, 7) is 0.802. The number of rotatable bonds is 4. The van der Waals surface area contributed by atoms with Gasteiger partial charge in [0.1, 0.15) is 0 Å². The molecule has 0 aromatic carbocycles. The Balaban J connectivity index is 2.16. The molecule has 1 aliphatic rings. The van der Waals surface area contributed by atoms with Crippen LogP contribution in [-0.2, 0) is 11.2 Å². The van der Waals surface area contributed by atoms with Crippen LogP contribution >= 0.6 is 11.3 Å². The number of fused-ring (bicyclic) bond motifs is 1. The summed E-state index contributed by atoms with van der Waals surface area (Å²) in [5.74, 6) is 0.643. The fourth-order valence-electron chi connectivity index (χ4n) is 2.52. The van der Waals surface area contributed by atoms with E-state index in [1.807, 2.05) is 18.4 Å². The van der Waals surface area contributed by atoms with Crippen LogP contribution in [0, 0.1) is 0 Å². The normalized spacial score (nSPS) is 22.4. The molecule has 1 aromatic rings. The number of ether oxygens (including phenoxy) is 1. The third-order valence-electron chi connectivity index (χ3n) is 3.30. The first kappa shape index (κ1) is 11.1. The highest BCUT2D eigenvalue weighted by Crippen LogP contribution is 2.36. The van der Waals surface area contributed by atoms with Crippen LogP contribution in [0.4, 0.5) is 0 Å². The Morgan fingerprint density at radius 3 is 3.27 bits per heavy atom. The highest BCUT2D eigenvalue weighted by Gasteiger charge is 2.27. The first-order valence-electron chi connectivity index (χ1n) is 5.59. The van der Waals surface area contributed by atoms with E-state index in [9.17, 15) is 0 Å². The average Bonchev–Trinajstić information content (AvgIpc) is 2.73. The van der Waals surface area contributed by atoms with E-state index in [-0.39, 0.29) is 0 Å². The van der Waals surface area contributed by atoms with Crippen LogP contribution < -0.4 is 5.32 Å². The van der Waals surface area contributed by atoms with Gasteiger partial charge in [-0.15, -0.1) is 11.3 Å². The van der Waals surface area contributed by atoms with Crippen molar-refractivity contribution in [1.29, 1.82) is 0 Å². The molecule has 15 heavy (non-hydrogen) atoms. The van der Waals surface area contributed by atoms with Crippen molar-refractivity contribution in [2.24, 2.45) is 0 Å². The number of likely N-dealkylation sites (N-methyl/N-ethyl adjacent to an activating group) is 1. The summed E-state index contributed by atoms with van der Waals surface area (Å²) in [4.78, 5) is 1.59. The second-order valence-electron chi connectivity index (χ2n) is 4.15. The van der Waals surface area contributed by atoms with Gasteiger partial charge in [-0.05, 0) is 43.3 Å². The standard InChI is InChI=1S/C12H19NOS/c1-13-11(8-14-2)9-4-3-5-12-10(9)6-7-15-12/h6-7,9,11,13H,3-5,8H2,1-2H3. The maximum atomic E-state index is 5.28. The molecule has 0 radical (unpaired) electrons. The van der Waals surface area contributed by atoms with E-state index in [4.69, 9.17) is 4.74 Å². The molecule has 3 heteroatoms. The van der Waals surface area contributed by atoms with E-state index in [1.165, 1.54) is 19.3 Å². The van der Waals surface area contributed by atoms with Crippen molar-refractivity contribution >= 4 is 11.3 Å². The van der Waals surface area contributed by atoms with E-state index in [2.05, 4.69) is 16.8 Å². The van der Waals surface area contributed by atoms with E-state index in [1.54, 1.807) is 17.6 Å². The molecule has 0 aliphatic heterocycles. The third kappa shape index (κ3) is 2.25. The van der Waals surface area contributed by atoms with Crippen LogP contribution in [0.25, 0.3) is 0 Å². The predicted octanol–water partition coefficient (Wildman–Crippen LogP) is 2.40. The summed E-state index contributed by atoms with van der Waals surface area (Å²) < 4.78 is 5.28. The number of methoxy groups -OCH3 is 1. The molecular weight excluding hydrogens is 206 g/mol. The fourth-order valence-corrected chi connectivity index (χ4v) is 3.52. The predicted molar refractivity (Wildman–Crippen MR) is 64.7 cm³/mol. The highest BCUT2D eigenvalue weighted by molar-refractivity contribution is 7.10. The number of hydrogen-bond donors (Lipinski definition) is 1. The van der Waals surface area contributed by atoms with E-state index in [0.717, 1.165) is 6.61 Å². The lowest BCUT2D eigenvalue weighted by atomic mass is 9.83. The fraction of sp³-hybridized carbons (Fsp3) is 0.667. The third-order valence-corrected chi connectivity index (χ3v) is 4.30. The van der Waals surface area contributed by atoms with Gasteiger partial charge in [0, 0.05) is 23.9 Å². The monoisotopic (exact) mass is 225 g/mol. The lowest BCUT2D eigenvalue weighted by Gasteiger charge is -2.30. The molecule has 1 N–H and O–H groups in total. The Hall–Kier alpha value is -0.380. The molecule has 1 aromatic heterocycles. The Morgan fingerprint density at radius 1 is 1.67 bits per heavy atom. The molecule has 1 aliphatic carbocycles. The zero-order chi connectivity index (χ0) is 10.7. The molecule has 2 rings (SSSR count). The molecule has 0 saturated heterocycles. The summed E-state index contributed by atoms with van der Waals surface area (Å²) >= 11 is 1.91. The minimum absolute atomic E-state index is 0.462. The van der Waals surface area contributed by atoms with Gasteiger partial charge in [0.05, 0.1) is 6.61 Å². The number of nitrogens with one attached hydrogen (secondary N) is 1. The van der Waals surface area contributed by atoms with Gasteiger partial charge in [-0.25, -0.2) is 0 Å². The lowest BCUT2D eigenvalue weighted by Crippen LogP contribution is -2.37. The van der Waals surface area contributed by atoms with Crippen molar-refractivity contribution in [3.8, 4) is 0 Å². The van der Waals surface area contributed by atoms with Crippen molar-refractivity contribution in [3.05, 3.63) is 21.9 Å². The van der Waals surface area contributed by atoms with Crippen molar-refractivity contribution in [3.63, 3.8) is 0 Å². The number of hydrogen-bond acceptors (Lipinski definition) is 3. The molecule has 2 atom stereocenters. The Morgan fingerprint density at radius 2 is 2.53 bits per heavy atom. The van der Waals surface area contributed by atoms with Crippen LogP contribution in [0.5, 0.6) is 0 Å². The molecule has 2 unspecified atom stereocenters. The molecule has 0 bridgehead atoms. The molecule has 1 heterocycles. The molecule has 2 nitrogen and oxygen atoms in total. The smallest absolute Gasteiger partial charge is 0.0621 e. The Bertz CT molecular complexity index is 310. The first-order valence-corrected chi connectivity index (χ1v) is 6.47. The van der Waals surface area contributed by atoms with Gasteiger partial charge in [0.2, 0.25) is 0 Å². The molecule has 84 valence electrons. The largest absolute Gasteiger partial charge is 0.383 e. The van der Waals surface area contributed by atoms with Crippen molar-refractivity contribution in [1.82, 2.24) is 5.32 Å². The number of aryl methyl sites for hydroxylation is 1. The van der Waals surface area contributed by atoms with Gasteiger partial charge < -0.3 is 10.1 Å². The second-order valence-corrected chi connectivity index (χ2v) is 5.15. The van der Waals surface area contributed by atoms with E-state index < -0.39 is 0 Å². The van der Waals surface area contributed by atoms with Crippen molar-refractivity contribution in [2.75, 3.05) is 20.8 Å². The Labute approximate surface area is 95.6 Å². The summed E-state index contributed by atoms with van der Waals surface area (Å²) in [7, 11) is 3.81. The Kier molecular flexibility index (Phi) is 3.78. The minimum Gasteiger partial charge on any atom is -0.383 e. The highest BCUT2D eigenvalue weighted by atomic mass is 32.1. The van der Waals surface area contributed by atoms with Gasteiger partial charge in [-0.1, -0.05) is 0 Å². The van der Waals surface area contributed by atoms with Crippen LogP contribution in [0.3, 0.4) is 0 Å². The maximum absolute atomic E-state index is 5.28. The summed E-state index contributed by atoms with van der Waals surface area (Å²) in [6, 6.07) is 2.76. The SMILES string of the molecule is CNC(COC)C1CCCc2sccc21. The van der Waals surface area contributed by atoms with Crippen molar-refractivity contribution < 1.29 is 4.74 Å². The summed E-state index contributed by atoms with van der Waals surface area (Å²) in [5, 5.41) is 5.61. The molecule has 0 amide bonds. The van der Waals surface area contributed by atoms with Crippen LogP contribution in [-0.4, -0.2) is 26.8 Å². The van der Waals surface area contributed by atoms with Crippen LogP contribution in [0.1, 0.15) is 29.2 Å². The van der Waals surface area contributed by atoms with E-state index >= 15 is 0 Å². The molecule has 0 fully saturated rings. The van der Waals surface area contributed by atoms with E-state index in [0.29, 0.717) is 12.0 Å². The quantitative estimate of drug-likeness (QED) is 0.849. The molecular formula is C12H19NOS. The van der Waals surface area contributed by atoms with Gasteiger partial charge in [-0.3, -0.25) is 0 Å². The lowest BCUT2D eigenvalue weighted by molar-refractivity contribution is 0.155. The number of thiophene rings is 1. The van der Waals surface area contributed by atoms with Gasteiger partial charge in [-0.2, -0.15) is 0 Å². The second kappa shape index (κ2) is 5.10. The maximum Gasteiger partial charge on any atom is 0.0621 e. The summed E-state index contributed by atoms with van der Waals surface area (Å²) in [5.41, 5.74) is 1.56. The van der Waals surface area contributed by atoms with Crippen molar-refractivity contribution in [2.45, 2.75) is 31.2 Å². The zero-order valence-corrected chi connectivity index (χ0v) is 10.3. The molecule has 0 saturated carbocycles. The van der Waals surface area contributed by atoms with Gasteiger partial charge in [0.25, 0.3) is 0 Å². The average molecular weight is 225 g/mol. The van der Waals surface area contributed by atoms with Gasteiger partial charge >= 0.3 is 0 Å². The van der Waals surface area contributed by atoms with Crippen LogP contribution in [0.15, 0.2) is 11.4 Å². The van der Waals surface area contributed by atoms with Gasteiger partial charge in [0.15, 0.2) is 0 Å². The minimum atomic E-state index is 0.462. The molecule has 0 spiro atoms. The zero-order valence-electron chi connectivity index (χ0n) is 9.45. The topological polar surface area (TPSA) is 21.3 Å². The summed E-state index contributed by atoms with van der Waals surface area (Å²) in [6.07, 6.45) is 3.88. The van der Waals surface area contributed by atoms with Crippen LogP contribution in [0.2, 0.25) is 0 Å².